The first-order chi connectivity index (χ1) is 5.20. The first-order valence-corrected chi connectivity index (χ1v) is 3.63. The Morgan fingerprint density at radius 2 is 2.18 bits per heavy atom. The number of carbonyl (C=O) groups excluding carboxylic acids is 1. The van der Waals surface area contributed by atoms with Crippen molar-refractivity contribution in [3.63, 3.8) is 0 Å². The van der Waals surface area contributed by atoms with Gasteiger partial charge in [0.2, 0.25) is 0 Å². The van der Waals surface area contributed by atoms with Crippen LogP contribution in [0.15, 0.2) is 4.99 Å². The average Bonchev–Trinajstić information content (AvgIpc) is 1.97. The summed E-state index contributed by atoms with van der Waals surface area (Å²) in [6.07, 6.45) is 2.59. The minimum absolute atomic E-state index is 0.347. The van der Waals surface area contributed by atoms with Crippen LogP contribution in [0.1, 0.15) is 20.3 Å². The average molecular weight is 153 g/mol. The van der Waals surface area contributed by atoms with Gasteiger partial charge in [-0.25, -0.2) is 0 Å². The fraction of sp³-hybridized carbons (Fsp3) is 0.714. The summed E-state index contributed by atoms with van der Waals surface area (Å²) in [4.78, 5) is 14.1. The molecule has 3 nitrogen and oxygen atoms in total. The molecule has 0 N–H and O–H groups in total. The molecule has 0 fully saturated rings. The van der Waals surface area contributed by atoms with E-state index < -0.39 is 0 Å². The van der Waals surface area contributed by atoms with Crippen molar-refractivity contribution in [2.24, 2.45) is 10.9 Å². The van der Waals surface area contributed by atoms with Gasteiger partial charge in [0, 0.05) is 0 Å². The maximum absolute atomic E-state index is 10.3. The Labute approximate surface area is 67.2 Å². The van der Waals surface area contributed by atoms with Crippen molar-refractivity contribution >= 4 is 19.6 Å². The van der Waals surface area contributed by atoms with Crippen LogP contribution in [0.25, 0.3) is 0 Å². The summed E-state index contributed by atoms with van der Waals surface area (Å²) in [6.45, 7) is 4.01. The maximum atomic E-state index is 10.3. The standard InChI is InChI=1S/C7H12BNO2/c1-6(2)3-7(4-10)9-5-8-11/h4-7H,3H2,1-2H3. The number of aldehydes is 1. The second kappa shape index (κ2) is 5.95. The van der Waals surface area contributed by atoms with E-state index in [2.05, 4.69) is 4.99 Å². The van der Waals surface area contributed by atoms with Crippen LogP contribution >= 0.6 is 0 Å². The fourth-order valence-corrected chi connectivity index (χ4v) is 0.780. The molecule has 0 spiro atoms. The van der Waals surface area contributed by atoms with E-state index in [1.807, 2.05) is 13.8 Å². The molecule has 0 radical (unpaired) electrons. The number of hydrogen-bond donors (Lipinski definition) is 0. The number of rotatable bonds is 5. The van der Waals surface area contributed by atoms with Gasteiger partial charge in [-0.1, -0.05) is 0 Å². The van der Waals surface area contributed by atoms with Crippen molar-refractivity contribution in [1.29, 1.82) is 0 Å². The molecule has 11 heavy (non-hydrogen) atoms. The van der Waals surface area contributed by atoms with Crippen LogP contribution in [0, 0.1) is 5.92 Å². The third-order valence-electron chi connectivity index (χ3n) is 1.21. The molecular weight excluding hydrogens is 141 g/mol. The molecule has 0 aliphatic carbocycles. The van der Waals surface area contributed by atoms with Gasteiger partial charge in [-0.05, 0) is 0 Å². The van der Waals surface area contributed by atoms with E-state index in [1.165, 1.54) is 0 Å². The van der Waals surface area contributed by atoms with Crippen molar-refractivity contribution < 1.29 is 9.50 Å². The van der Waals surface area contributed by atoms with Crippen LogP contribution in [-0.2, 0) is 9.50 Å². The van der Waals surface area contributed by atoms with E-state index in [4.69, 9.17) is 0 Å². The quantitative estimate of drug-likeness (QED) is 0.331. The molecule has 0 amide bonds. The Kier molecular flexibility index (Phi) is 5.52. The molecule has 0 aliphatic heterocycles. The van der Waals surface area contributed by atoms with E-state index in [0.717, 1.165) is 12.4 Å². The number of aliphatic imine (C=N–C) groups is 1. The van der Waals surface area contributed by atoms with Gasteiger partial charge >= 0.3 is 66.3 Å². The summed E-state index contributed by atoms with van der Waals surface area (Å²) >= 11 is 0. The first-order valence-electron chi connectivity index (χ1n) is 3.63. The van der Waals surface area contributed by atoms with Gasteiger partial charge in [0.05, 0.1) is 0 Å². The molecule has 60 valence electrons. The molecule has 0 bridgehead atoms. The molecule has 0 saturated heterocycles. The third-order valence-corrected chi connectivity index (χ3v) is 1.21. The SMILES string of the molecule is CC(C)CC(C=O)N=CB=O. The Balaban J connectivity index is 3.84. The molecule has 0 saturated carbocycles. The van der Waals surface area contributed by atoms with Crippen molar-refractivity contribution in [3.05, 3.63) is 0 Å². The van der Waals surface area contributed by atoms with Crippen LogP contribution in [0.4, 0.5) is 0 Å². The van der Waals surface area contributed by atoms with Crippen LogP contribution < -0.4 is 0 Å². The summed E-state index contributed by atoms with van der Waals surface area (Å²) in [5.74, 6) is 0.425. The predicted octanol–water partition coefficient (Wildman–Crippen LogP) is 0.678. The van der Waals surface area contributed by atoms with E-state index in [-0.39, 0.29) is 6.04 Å². The second-order valence-corrected chi connectivity index (χ2v) is 2.77. The van der Waals surface area contributed by atoms with E-state index in [9.17, 15) is 9.50 Å². The summed E-state index contributed by atoms with van der Waals surface area (Å²) in [5.41, 5.74) is 0. The Hall–Kier alpha value is -0.795. The van der Waals surface area contributed by atoms with E-state index in [1.54, 1.807) is 0 Å². The van der Waals surface area contributed by atoms with Gasteiger partial charge in [0.15, 0.2) is 0 Å². The van der Waals surface area contributed by atoms with E-state index >= 15 is 0 Å². The summed E-state index contributed by atoms with van der Waals surface area (Å²) in [7, 11) is 0.580. The molecule has 1 unspecified atom stereocenters. The van der Waals surface area contributed by atoms with Crippen LogP contribution in [0.5, 0.6) is 0 Å². The molecule has 4 heteroatoms. The van der Waals surface area contributed by atoms with Gasteiger partial charge in [0.1, 0.15) is 0 Å². The zero-order valence-corrected chi connectivity index (χ0v) is 6.86. The van der Waals surface area contributed by atoms with Gasteiger partial charge in [-0.3, -0.25) is 0 Å². The van der Waals surface area contributed by atoms with Gasteiger partial charge in [-0.15, -0.1) is 0 Å². The third kappa shape index (κ3) is 5.64. The number of carbonyl (C=O) groups is 1. The van der Waals surface area contributed by atoms with Crippen molar-refractivity contribution in [2.45, 2.75) is 26.3 Å². The number of hydrogen-bond acceptors (Lipinski definition) is 3. The van der Waals surface area contributed by atoms with Crippen LogP contribution in [-0.4, -0.2) is 25.6 Å². The van der Waals surface area contributed by atoms with Crippen LogP contribution in [0.3, 0.4) is 0 Å². The summed E-state index contributed by atoms with van der Waals surface area (Å²) in [6, 6.07) is -0.347. The summed E-state index contributed by atoms with van der Waals surface area (Å²) < 4.78 is 9.85. The van der Waals surface area contributed by atoms with Crippen LogP contribution in [0.2, 0.25) is 0 Å². The van der Waals surface area contributed by atoms with Crippen molar-refractivity contribution in [2.75, 3.05) is 0 Å². The molecule has 0 rings (SSSR count). The summed E-state index contributed by atoms with van der Waals surface area (Å²) in [5, 5.41) is 0. The molecule has 0 heterocycles. The Bertz CT molecular complexity index is 157. The molecular formula is C7H12BNO2. The molecule has 0 aromatic rings. The fourth-order valence-electron chi connectivity index (χ4n) is 0.780. The molecule has 1 atom stereocenters. The topological polar surface area (TPSA) is 46.5 Å². The molecule has 0 aromatic heterocycles. The normalized spacial score (nSPS) is 13.4. The second-order valence-electron chi connectivity index (χ2n) is 2.77. The van der Waals surface area contributed by atoms with Gasteiger partial charge in [-0.2, -0.15) is 0 Å². The zero-order chi connectivity index (χ0) is 8.69. The predicted molar refractivity (Wildman–Crippen MR) is 44.2 cm³/mol. The Morgan fingerprint density at radius 3 is 2.55 bits per heavy atom. The molecule has 0 aromatic carbocycles. The van der Waals surface area contributed by atoms with E-state index in [0.29, 0.717) is 19.5 Å². The van der Waals surface area contributed by atoms with Gasteiger partial charge in [0.25, 0.3) is 0 Å². The van der Waals surface area contributed by atoms with Crippen molar-refractivity contribution in [3.8, 4) is 0 Å². The number of nitrogens with zero attached hydrogens (tertiary/aromatic N) is 1. The van der Waals surface area contributed by atoms with Gasteiger partial charge < -0.3 is 0 Å². The van der Waals surface area contributed by atoms with Crippen molar-refractivity contribution in [1.82, 2.24) is 0 Å². The minimum atomic E-state index is -0.347. The zero-order valence-electron chi connectivity index (χ0n) is 6.86. The Morgan fingerprint density at radius 1 is 1.55 bits per heavy atom. The molecule has 0 aliphatic rings. The first kappa shape index (κ1) is 10.2. The monoisotopic (exact) mass is 153 g/mol.